The van der Waals surface area contributed by atoms with Crippen molar-refractivity contribution in [2.75, 3.05) is 25.5 Å². The van der Waals surface area contributed by atoms with Gasteiger partial charge in [0.05, 0.1) is 4.92 Å². The van der Waals surface area contributed by atoms with E-state index in [4.69, 9.17) is 0 Å². The first-order valence-electron chi connectivity index (χ1n) is 8.11. The van der Waals surface area contributed by atoms with Crippen LogP contribution in [-0.2, 0) is 10.2 Å². The number of nitro groups is 1. The van der Waals surface area contributed by atoms with Gasteiger partial charge in [-0.2, -0.15) is 12.7 Å². The lowest BCUT2D eigenvalue weighted by molar-refractivity contribution is -0.384. The maximum atomic E-state index is 12.3. The third kappa shape index (κ3) is 5.15. The molecule has 0 unspecified atom stereocenters. The van der Waals surface area contributed by atoms with Crippen molar-refractivity contribution in [3.63, 3.8) is 0 Å². The van der Waals surface area contributed by atoms with Crippen LogP contribution in [0.5, 0.6) is 0 Å². The smallest absolute Gasteiger partial charge is 0.279 e. The quantitative estimate of drug-likeness (QED) is 0.422. The SMILES string of the molecule is CN(C1CCCCC1)S(=O)(=O)NCCNc1ccc([N+](=O)[O-])cc1. The van der Waals surface area contributed by atoms with Gasteiger partial charge in [0.25, 0.3) is 15.9 Å². The van der Waals surface area contributed by atoms with E-state index in [0.717, 1.165) is 25.7 Å². The van der Waals surface area contributed by atoms with Gasteiger partial charge in [-0.05, 0) is 25.0 Å². The van der Waals surface area contributed by atoms with Crippen LogP contribution in [0.3, 0.4) is 0 Å². The molecule has 2 rings (SSSR count). The summed E-state index contributed by atoms with van der Waals surface area (Å²) < 4.78 is 28.6. The molecule has 0 aliphatic heterocycles. The van der Waals surface area contributed by atoms with E-state index in [1.807, 2.05) is 0 Å². The van der Waals surface area contributed by atoms with Crippen molar-refractivity contribution in [3.8, 4) is 0 Å². The minimum Gasteiger partial charge on any atom is -0.384 e. The fourth-order valence-corrected chi connectivity index (χ4v) is 4.00. The fraction of sp³-hybridized carbons (Fsp3) is 0.600. The van der Waals surface area contributed by atoms with E-state index in [1.165, 1.54) is 22.9 Å². The van der Waals surface area contributed by atoms with Crippen molar-refractivity contribution in [1.29, 1.82) is 0 Å². The minimum absolute atomic E-state index is 0.0235. The molecule has 9 heteroatoms. The van der Waals surface area contributed by atoms with Crippen LogP contribution in [0.15, 0.2) is 24.3 Å². The summed E-state index contributed by atoms with van der Waals surface area (Å²) in [6, 6.07) is 6.09. The number of nitro benzene ring substituents is 1. The Balaban J connectivity index is 1.77. The molecule has 0 spiro atoms. The first-order chi connectivity index (χ1) is 11.4. The van der Waals surface area contributed by atoms with Crippen molar-refractivity contribution in [2.45, 2.75) is 38.1 Å². The maximum absolute atomic E-state index is 12.3. The molecule has 0 atom stereocenters. The van der Waals surface area contributed by atoms with Crippen LogP contribution in [0.4, 0.5) is 11.4 Å². The first kappa shape index (κ1) is 18.6. The lowest BCUT2D eigenvalue weighted by Crippen LogP contribution is -2.45. The molecule has 2 N–H and O–H groups in total. The number of nitrogens with one attached hydrogen (secondary N) is 2. The summed E-state index contributed by atoms with van der Waals surface area (Å²) >= 11 is 0. The van der Waals surface area contributed by atoms with Crippen molar-refractivity contribution in [1.82, 2.24) is 9.03 Å². The van der Waals surface area contributed by atoms with Gasteiger partial charge in [-0.3, -0.25) is 10.1 Å². The molecular weight excluding hydrogens is 332 g/mol. The lowest BCUT2D eigenvalue weighted by Gasteiger charge is -2.30. The van der Waals surface area contributed by atoms with Gasteiger partial charge in [-0.25, -0.2) is 4.72 Å². The van der Waals surface area contributed by atoms with E-state index in [9.17, 15) is 18.5 Å². The Kier molecular flexibility index (Phi) is 6.52. The number of benzene rings is 1. The number of rotatable bonds is 8. The first-order valence-corrected chi connectivity index (χ1v) is 9.55. The zero-order valence-electron chi connectivity index (χ0n) is 13.8. The van der Waals surface area contributed by atoms with Crippen molar-refractivity contribution < 1.29 is 13.3 Å². The van der Waals surface area contributed by atoms with E-state index in [-0.39, 0.29) is 18.3 Å². The Labute approximate surface area is 142 Å². The number of hydrogen-bond acceptors (Lipinski definition) is 5. The van der Waals surface area contributed by atoms with Crippen molar-refractivity contribution >= 4 is 21.6 Å². The third-order valence-electron chi connectivity index (χ3n) is 4.28. The average molecular weight is 356 g/mol. The Morgan fingerprint density at radius 3 is 2.38 bits per heavy atom. The predicted octanol–water partition coefficient (Wildman–Crippen LogP) is 2.11. The molecule has 0 radical (unpaired) electrons. The summed E-state index contributed by atoms with van der Waals surface area (Å²) in [5.41, 5.74) is 0.732. The molecule has 1 aromatic carbocycles. The standard InChI is InChI=1S/C15H24N4O4S/c1-18(14-5-3-2-4-6-14)24(22,23)17-12-11-16-13-7-9-15(10-8-13)19(20)21/h7-10,14,16-17H,2-6,11-12H2,1H3. The Hall–Kier alpha value is -1.71. The van der Waals surface area contributed by atoms with Crippen LogP contribution in [0.1, 0.15) is 32.1 Å². The molecule has 0 heterocycles. The molecule has 0 aromatic heterocycles. The molecule has 1 saturated carbocycles. The van der Waals surface area contributed by atoms with E-state index < -0.39 is 15.1 Å². The van der Waals surface area contributed by atoms with E-state index in [2.05, 4.69) is 10.0 Å². The van der Waals surface area contributed by atoms with Gasteiger partial charge in [0.15, 0.2) is 0 Å². The average Bonchev–Trinajstić information content (AvgIpc) is 2.59. The molecule has 1 aromatic rings. The van der Waals surface area contributed by atoms with Gasteiger partial charge in [0.1, 0.15) is 0 Å². The monoisotopic (exact) mass is 356 g/mol. The maximum Gasteiger partial charge on any atom is 0.279 e. The summed E-state index contributed by atoms with van der Waals surface area (Å²) in [6.07, 6.45) is 5.16. The molecule has 0 saturated heterocycles. The molecule has 1 aliphatic carbocycles. The van der Waals surface area contributed by atoms with Gasteiger partial charge >= 0.3 is 0 Å². The van der Waals surface area contributed by atoms with Gasteiger partial charge in [-0.1, -0.05) is 19.3 Å². The molecule has 24 heavy (non-hydrogen) atoms. The summed E-state index contributed by atoms with van der Waals surface area (Å²) in [5.74, 6) is 0. The number of hydrogen-bond donors (Lipinski definition) is 2. The van der Waals surface area contributed by atoms with E-state index >= 15 is 0 Å². The van der Waals surface area contributed by atoms with Gasteiger partial charge in [0, 0.05) is 44.0 Å². The highest BCUT2D eigenvalue weighted by molar-refractivity contribution is 7.87. The Morgan fingerprint density at radius 1 is 1.17 bits per heavy atom. The molecule has 1 aliphatic rings. The highest BCUT2D eigenvalue weighted by Gasteiger charge is 2.26. The normalized spacial score (nSPS) is 16.2. The van der Waals surface area contributed by atoms with Crippen LogP contribution < -0.4 is 10.0 Å². The molecule has 8 nitrogen and oxygen atoms in total. The van der Waals surface area contributed by atoms with E-state index in [0.29, 0.717) is 12.2 Å². The predicted molar refractivity (Wildman–Crippen MR) is 93.1 cm³/mol. The number of non-ortho nitro benzene ring substituents is 1. The fourth-order valence-electron chi connectivity index (χ4n) is 2.83. The molecule has 0 amide bonds. The van der Waals surface area contributed by atoms with Gasteiger partial charge in [-0.15, -0.1) is 0 Å². The topological polar surface area (TPSA) is 105 Å². The summed E-state index contributed by atoms with van der Waals surface area (Å²) in [6.45, 7) is 0.645. The van der Waals surface area contributed by atoms with Crippen LogP contribution in [0, 0.1) is 10.1 Å². The van der Waals surface area contributed by atoms with Gasteiger partial charge < -0.3 is 5.32 Å². The summed E-state index contributed by atoms with van der Waals surface area (Å²) in [7, 11) is -1.85. The second kappa shape index (κ2) is 8.41. The Morgan fingerprint density at radius 2 is 1.79 bits per heavy atom. The Bertz CT molecular complexity index is 642. The molecular formula is C15H24N4O4S. The third-order valence-corrected chi connectivity index (χ3v) is 5.91. The molecule has 134 valence electrons. The second-order valence-corrected chi connectivity index (χ2v) is 7.75. The van der Waals surface area contributed by atoms with Crippen molar-refractivity contribution in [2.24, 2.45) is 0 Å². The summed E-state index contributed by atoms with van der Waals surface area (Å²) in [5, 5.41) is 13.6. The van der Waals surface area contributed by atoms with Crippen LogP contribution in [0.25, 0.3) is 0 Å². The largest absolute Gasteiger partial charge is 0.384 e. The van der Waals surface area contributed by atoms with Crippen LogP contribution >= 0.6 is 0 Å². The van der Waals surface area contributed by atoms with Gasteiger partial charge in [0.2, 0.25) is 0 Å². The second-order valence-electron chi connectivity index (χ2n) is 5.94. The highest BCUT2D eigenvalue weighted by Crippen LogP contribution is 2.22. The zero-order valence-corrected chi connectivity index (χ0v) is 14.6. The molecule has 1 fully saturated rings. The number of nitrogens with zero attached hydrogens (tertiary/aromatic N) is 2. The van der Waals surface area contributed by atoms with Crippen LogP contribution in [-0.4, -0.2) is 43.8 Å². The zero-order chi connectivity index (χ0) is 17.6. The number of anilines is 1. The van der Waals surface area contributed by atoms with Crippen LogP contribution in [0.2, 0.25) is 0 Å². The molecule has 0 bridgehead atoms. The highest BCUT2D eigenvalue weighted by atomic mass is 32.2. The van der Waals surface area contributed by atoms with E-state index in [1.54, 1.807) is 19.2 Å². The van der Waals surface area contributed by atoms with Crippen molar-refractivity contribution in [3.05, 3.63) is 34.4 Å². The summed E-state index contributed by atoms with van der Waals surface area (Å²) in [4.78, 5) is 10.1. The minimum atomic E-state index is -3.48. The lowest BCUT2D eigenvalue weighted by atomic mass is 9.96.